The molecule has 6 heterocycles. The van der Waals surface area contributed by atoms with E-state index in [1.165, 1.54) is 12.8 Å². The van der Waals surface area contributed by atoms with E-state index in [-0.39, 0.29) is 18.0 Å². The molecule has 2 atom stereocenters. The summed E-state index contributed by atoms with van der Waals surface area (Å²) in [4.78, 5) is 25.6. The van der Waals surface area contributed by atoms with E-state index in [9.17, 15) is 4.79 Å². The summed E-state index contributed by atoms with van der Waals surface area (Å²) < 4.78 is 10.1. The van der Waals surface area contributed by atoms with E-state index in [0.29, 0.717) is 23.0 Å². The van der Waals surface area contributed by atoms with Gasteiger partial charge in [-0.25, -0.2) is 9.97 Å². The van der Waals surface area contributed by atoms with Gasteiger partial charge < -0.3 is 25.7 Å². The second kappa shape index (κ2) is 8.40. The minimum Gasteiger partial charge on any atom is -0.482 e. The van der Waals surface area contributed by atoms with Gasteiger partial charge in [0.1, 0.15) is 17.0 Å². The number of aryl methyl sites for hydroxylation is 1. The molecule has 4 N–H and O–H groups in total. The molecule has 0 unspecified atom stereocenters. The van der Waals surface area contributed by atoms with E-state index in [1.54, 1.807) is 7.11 Å². The van der Waals surface area contributed by atoms with Gasteiger partial charge in [0, 0.05) is 41.3 Å². The van der Waals surface area contributed by atoms with E-state index in [1.807, 2.05) is 48.3 Å². The molecule has 9 heteroatoms. The SMILES string of the molecule is COc1cc(C(=O)N2C3=CC[C@H]2C[C@H]3N)cc2nc(-c3cc4ccc(C(C)(C)N)nc4n3CC3CC3)c(C)n12. The number of carbonyl (C=O) groups excluding carboxylic acids is 1. The molecule has 1 aliphatic carbocycles. The fraction of sp³-hybridized carbons (Fsp3) is 0.433. The Hall–Kier alpha value is -3.69. The van der Waals surface area contributed by atoms with Crippen LogP contribution in [-0.2, 0) is 12.1 Å². The van der Waals surface area contributed by atoms with Crippen LogP contribution in [0.5, 0.6) is 5.88 Å². The first kappa shape index (κ1) is 24.4. The van der Waals surface area contributed by atoms with Crippen molar-refractivity contribution in [3.05, 3.63) is 59.1 Å². The van der Waals surface area contributed by atoms with Crippen LogP contribution in [0.25, 0.3) is 28.1 Å². The van der Waals surface area contributed by atoms with Gasteiger partial charge in [-0.3, -0.25) is 9.20 Å². The molecule has 4 aromatic heterocycles. The van der Waals surface area contributed by atoms with Gasteiger partial charge in [0.2, 0.25) is 0 Å². The third kappa shape index (κ3) is 3.78. The van der Waals surface area contributed by atoms with E-state index < -0.39 is 5.54 Å². The van der Waals surface area contributed by atoms with Crippen LogP contribution in [0.2, 0.25) is 0 Å². The average Bonchev–Trinajstić information content (AvgIpc) is 3.22. The monoisotopic (exact) mass is 525 g/mol. The zero-order valence-electron chi connectivity index (χ0n) is 22.9. The number of methoxy groups -OCH3 is 1. The maximum Gasteiger partial charge on any atom is 0.258 e. The lowest BCUT2D eigenvalue weighted by atomic mass is 10.0. The summed E-state index contributed by atoms with van der Waals surface area (Å²) in [6.45, 7) is 6.89. The highest BCUT2D eigenvalue weighted by atomic mass is 16.5. The minimum atomic E-state index is -0.535. The van der Waals surface area contributed by atoms with Crippen molar-refractivity contribution >= 4 is 22.6 Å². The van der Waals surface area contributed by atoms with Crippen LogP contribution in [0.3, 0.4) is 0 Å². The quantitative estimate of drug-likeness (QED) is 0.391. The topological polar surface area (TPSA) is 117 Å². The average molecular weight is 526 g/mol. The first-order valence-electron chi connectivity index (χ1n) is 13.8. The molecule has 0 aromatic carbocycles. The summed E-state index contributed by atoms with van der Waals surface area (Å²) >= 11 is 0. The van der Waals surface area contributed by atoms with Crippen molar-refractivity contribution in [3.63, 3.8) is 0 Å². The zero-order chi connectivity index (χ0) is 27.2. The van der Waals surface area contributed by atoms with Crippen molar-refractivity contribution in [2.75, 3.05) is 7.11 Å². The predicted octanol–water partition coefficient (Wildman–Crippen LogP) is 4.10. The first-order valence-corrected chi connectivity index (χ1v) is 13.8. The summed E-state index contributed by atoms with van der Waals surface area (Å²) in [7, 11) is 1.63. The third-order valence-corrected chi connectivity index (χ3v) is 8.53. The molecule has 9 nitrogen and oxygen atoms in total. The number of ether oxygens (including phenoxy) is 1. The number of aromatic nitrogens is 4. The molecule has 2 aliphatic heterocycles. The predicted molar refractivity (Wildman–Crippen MR) is 150 cm³/mol. The van der Waals surface area contributed by atoms with Crippen LogP contribution in [0.1, 0.15) is 61.3 Å². The van der Waals surface area contributed by atoms with Gasteiger partial charge in [-0.05, 0) is 76.6 Å². The second-order valence-corrected chi connectivity index (χ2v) is 12.0. The van der Waals surface area contributed by atoms with Gasteiger partial charge in [0.25, 0.3) is 5.91 Å². The molecule has 202 valence electrons. The summed E-state index contributed by atoms with van der Waals surface area (Å²) in [5, 5.41) is 1.06. The number of nitrogens with zero attached hydrogens (tertiary/aromatic N) is 5. The Morgan fingerprint density at radius 2 is 1.97 bits per heavy atom. The maximum atomic E-state index is 13.7. The van der Waals surface area contributed by atoms with Crippen molar-refractivity contribution in [1.82, 2.24) is 23.8 Å². The van der Waals surface area contributed by atoms with Crippen LogP contribution in [0.4, 0.5) is 0 Å². The number of carbonyl (C=O) groups is 1. The third-order valence-electron chi connectivity index (χ3n) is 8.53. The number of hydrogen-bond donors (Lipinski definition) is 2. The zero-order valence-corrected chi connectivity index (χ0v) is 22.9. The van der Waals surface area contributed by atoms with Gasteiger partial charge in [-0.15, -0.1) is 0 Å². The number of imidazole rings is 1. The standard InChI is InChI=1S/C30H35N7O2/c1-16-27(23-11-18-7-10-24(30(2,3)32)33-28(18)35(23)15-17-5-6-17)34-25-12-19(13-26(39-4)36(16)25)29(38)37-20-8-9-22(37)21(31)14-20/h7,9-13,17,20-21H,5-6,8,14-15,31-32H2,1-4H3/t20-,21+/m0/s1. The lowest BCUT2D eigenvalue weighted by Gasteiger charge is -2.20. The molecule has 1 saturated carbocycles. The molecular weight excluding hydrogens is 490 g/mol. The Bertz CT molecular complexity index is 1690. The smallest absolute Gasteiger partial charge is 0.258 e. The largest absolute Gasteiger partial charge is 0.482 e. The molecule has 3 aliphatic rings. The van der Waals surface area contributed by atoms with Crippen LogP contribution >= 0.6 is 0 Å². The Labute approximate surface area is 227 Å². The fourth-order valence-corrected chi connectivity index (χ4v) is 6.26. The van der Waals surface area contributed by atoms with Crippen LogP contribution < -0.4 is 16.2 Å². The van der Waals surface area contributed by atoms with Gasteiger partial charge in [-0.2, -0.15) is 0 Å². The molecule has 7 rings (SSSR count). The molecule has 4 aromatic rings. The molecule has 1 amide bonds. The van der Waals surface area contributed by atoms with Crippen LogP contribution in [-0.4, -0.2) is 48.9 Å². The maximum absolute atomic E-state index is 13.7. The molecule has 39 heavy (non-hydrogen) atoms. The van der Waals surface area contributed by atoms with E-state index in [0.717, 1.165) is 58.9 Å². The molecule has 1 saturated heterocycles. The molecule has 2 bridgehead atoms. The fourth-order valence-electron chi connectivity index (χ4n) is 6.26. The number of nitrogens with two attached hydrogens (primary N) is 2. The number of hydrogen-bond acceptors (Lipinski definition) is 6. The van der Waals surface area contributed by atoms with Crippen molar-refractivity contribution in [1.29, 1.82) is 0 Å². The first-order chi connectivity index (χ1) is 18.6. The van der Waals surface area contributed by atoms with Gasteiger partial charge in [-0.1, -0.05) is 6.08 Å². The number of rotatable bonds is 6. The highest BCUT2D eigenvalue weighted by Crippen LogP contribution is 2.39. The number of pyridine rings is 2. The van der Waals surface area contributed by atoms with Crippen molar-refractivity contribution in [2.45, 2.75) is 70.6 Å². The Morgan fingerprint density at radius 3 is 2.62 bits per heavy atom. The normalized spacial score (nSPS) is 20.9. The van der Waals surface area contributed by atoms with Gasteiger partial charge >= 0.3 is 0 Å². The molecule has 2 fully saturated rings. The van der Waals surface area contributed by atoms with Gasteiger partial charge in [0.15, 0.2) is 5.88 Å². The van der Waals surface area contributed by atoms with Crippen molar-refractivity contribution < 1.29 is 9.53 Å². The lowest BCUT2D eigenvalue weighted by molar-refractivity contribution is 0.0792. The number of fused-ring (bicyclic) bond motifs is 4. The highest BCUT2D eigenvalue weighted by Gasteiger charge is 2.42. The summed E-state index contributed by atoms with van der Waals surface area (Å²) in [5.41, 5.74) is 18.9. The van der Waals surface area contributed by atoms with Crippen LogP contribution in [0, 0.1) is 12.8 Å². The Kier molecular flexibility index (Phi) is 5.25. The Morgan fingerprint density at radius 1 is 1.18 bits per heavy atom. The lowest BCUT2D eigenvalue weighted by Crippen LogP contribution is -2.31. The van der Waals surface area contributed by atoms with Crippen molar-refractivity contribution in [2.24, 2.45) is 17.4 Å². The molecule has 0 spiro atoms. The van der Waals surface area contributed by atoms with Crippen LogP contribution in [0.15, 0.2) is 42.1 Å². The minimum absolute atomic E-state index is 0.0521. The van der Waals surface area contributed by atoms with E-state index >= 15 is 0 Å². The van der Waals surface area contributed by atoms with E-state index in [2.05, 4.69) is 22.8 Å². The van der Waals surface area contributed by atoms with E-state index in [4.69, 9.17) is 26.2 Å². The summed E-state index contributed by atoms with van der Waals surface area (Å²) in [5.74, 6) is 1.17. The summed E-state index contributed by atoms with van der Waals surface area (Å²) in [6, 6.07) is 10.0. The highest BCUT2D eigenvalue weighted by molar-refractivity contribution is 5.98. The van der Waals surface area contributed by atoms with Gasteiger partial charge in [0.05, 0.1) is 29.7 Å². The Balaban J connectivity index is 1.37. The molecule has 0 radical (unpaired) electrons. The summed E-state index contributed by atoms with van der Waals surface area (Å²) in [6.07, 6.45) is 6.22. The van der Waals surface area contributed by atoms with Crippen molar-refractivity contribution in [3.8, 4) is 17.3 Å². The number of amides is 1. The molecular formula is C30H35N7O2. The second-order valence-electron chi connectivity index (χ2n) is 12.0.